The van der Waals surface area contributed by atoms with E-state index in [9.17, 15) is 10.5 Å². The van der Waals surface area contributed by atoms with E-state index in [1.807, 2.05) is 12.1 Å². The first-order valence-corrected chi connectivity index (χ1v) is 17.8. The molecule has 0 bridgehead atoms. The van der Waals surface area contributed by atoms with E-state index in [0.29, 0.717) is 23.0 Å². The third kappa shape index (κ3) is 4.63. The molecule has 0 aliphatic heterocycles. The van der Waals surface area contributed by atoms with Gasteiger partial charge in [0.15, 0.2) is 0 Å². The fourth-order valence-corrected chi connectivity index (χ4v) is 9.02. The Balaban J connectivity index is 1.45. The van der Waals surface area contributed by atoms with E-state index >= 15 is 0 Å². The number of hydrogen-bond acceptors (Lipinski definition) is 2. The van der Waals surface area contributed by atoms with Crippen molar-refractivity contribution in [3.05, 3.63) is 119 Å². The third-order valence-corrected chi connectivity index (χ3v) is 11.3. The molecule has 0 saturated heterocycles. The minimum Gasteiger partial charge on any atom is -0.307 e. The Kier molecular flexibility index (Phi) is 7.05. The SMILES string of the molecule is N#Cc1cc(C#N)cc(-n2c3ccc(C4CCCCC4)cc3c3cc(C4CCCCC4)cc(-n4c5ccccc5c5ccccc54)c32)c1. The van der Waals surface area contributed by atoms with E-state index in [1.54, 1.807) is 6.07 Å². The average molecular weight is 623 g/mol. The highest BCUT2D eigenvalue weighted by atomic mass is 15.1. The van der Waals surface area contributed by atoms with Crippen molar-refractivity contribution in [1.82, 2.24) is 9.13 Å². The van der Waals surface area contributed by atoms with Crippen LogP contribution in [-0.2, 0) is 0 Å². The fourth-order valence-electron chi connectivity index (χ4n) is 9.02. The zero-order valence-corrected chi connectivity index (χ0v) is 27.3. The van der Waals surface area contributed by atoms with Gasteiger partial charge in [0.25, 0.3) is 0 Å². The number of nitrogens with zero attached hydrogens (tertiary/aromatic N) is 4. The lowest BCUT2D eigenvalue weighted by molar-refractivity contribution is 0.444. The molecule has 0 unspecified atom stereocenters. The molecule has 9 rings (SSSR count). The first kappa shape index (κ1) is 28.9. The van der Waals surface area contributed by atoms with Crippen LogP contribution in [0.3, 0.4) is 0 Å². The first-order chi connectivity index (χ1) is 23.7. The Labute approximate surface area is 281 Å². The number of hydrogen-bond donors (Lipinski definition) is 0. The molecule has 2 aliphatic carbocycles. The van der Waals surface area contributed by atoms with Crippen LogP contribution in [0, 0.1) is 22.7 Å². The summed E-state index contributed by atoms with van der Waals surface area (Å²) in [6.45, 7) is 0. The van der Waals surface area contributed by atoms with Crippen molar-refractivity contribution in [2.45, 2.75) is 76.0 Å². The van der Waals surface area contributed by atoms with Crippen molar-refractivity contribution in [2.24, 2.45) is 0 Å². The van der Waals surface area contributed by atoms with Crippen LogP contribution >= 0.6 is 0 Å². The Morgan fingerprint density at radius 2 is 1.02 bits per heavy atom. The standard InChI is InChI=1S/C44H38N4/c45-27-29-21-30(28-46)23-35(22-29)47-42-20-19-33(31-11-3-1-4-12-31)24-38(42)39-25-34(32-13-5-2-6-14-32)26-43(44(39)47)48-40-17-9-7-15-36(40)37-16-8-10-18-41(37)48/h7-10,15-26,31-32H,1-6,11-14H2. The quantitative estimate of drug-likeness (QED) is 0.196. The molecule has 2 aliphatic rings. The van der Waals surface area contributed by atoms with Crippen molar-refractivity contribution in [2.75, 3.05) is 0 Å². The summed E-state index contributed by atoms with van der Waals surface area (Å²) in [5.41, 5.74) is 10.5. The first-order valence-electron chi connectivity index (χ1n) is 17.8. The van der Waals surface area contributed by atoms with E-state index in [0.717, 1.165) is 22.4 Å². The smallest absolute Gasteiger partial charge is 0.0992 e. The molecule has 0 radical (unpaired) electrons. The van der Waals surface area contributed by atoms with Gasteiger partial charge in [0.1, 0.15) is 0 Å². The lowest BCUT2D eigenvalue weighted by Gasteiger charge is -2.24. The van der Waals surface area contributed by atoms with Crippen LogP contribution in [0.25, 0.3) is 55.0 Å². The Morgan fingerprint density at radius 1 is 0.479 bits per heavy atom. The summed E-state index contributed by atoms with van der Waals surface area (Å²) >= 11 is 0. The van der Waals surface area contributed by atoms with Gasteiger partial charge in [0, 0.05) is 27.2 Å². The number of benzene rings is 5. The molecule has 2 saturated carbocycles. The molecule has 0 amide bonds. The van der Waals surface area contributed by atoms with Crippen molar-refractivity contribution in [3.8, 4) is 23.5 Å². The lowest BCUT2D eigenvalue weighted by atomic mass is 9.82. The highest BCUT2D eigenvalue weighted by Crippen LogP contribution is 2.45. The number of para-hydroxylation sites is 2. The molecule has 2 heterocycles. The summed E-state index contributed by atoms with van der Waals surface area (Å²) in [5, 5.41) is 25.1. The number of aromatic nitrogens is 2. The Bertz CT molecular complexity index is 2360. The molecule has 0 atom stereocenters. The predicted molar refractivity (Wildman–Crippen MR) is 196 cm³/mol. The van der Waals surface area contributed by atoms with Crippen molar-refractivity contribution < 1.29 is 0 Å². The van der Waals surface area contributed by atoms with Crippen LogP contribution in [-0.4, -0.2) is 9.13 Å². The molecule has 2 fully saturated rings. The van der Waals surface area contributed by atoms with Crippen molar-refractivity contribution >= 4 is 43.6 Å². The predicted octanol–water partition coefficient (Wildman–Crippen LogP) is 11.7. The van der Waals surface area contributed by atoms with Gasteiger partial charge in [-0.2, -0.15) is 10.5 Å². The number of nitriles is 2. The van der Waals surface area contributed by atoms with Crippen LogP contribution in [0.1, 0.15) is 98.3 Å². The Hall–Kier alpha value is -5.32. The maximum absolute atomic E-state index is 10.0. The van der Waals surface area contributed by atoms with Gasteiger partial charge in [-0.1, -0.05) is 81.0 Å². The average Bonchev–Trinajstić information content (AvgIpc) is 3.67. The van der Waals surface area contributed by atoms with Gasteiger partial charge in [0.05, 0.1) is 51.0 Å². The van der Waals surface area contributed by atoms with Gasteiger partial charge in [-0.05, 0) is 103 Å². The second-order valence-electron chi connectivity index (χ2n) is 14.1. The molecule has 2 aromatic heterocycles. The van der Waals surface area contributed by atoms with Crippen molar-refractivity contribution in [1.29, 1.82) is 10.5 Å². The van der Waals surface area contributed by atoms with Gasteiger partial charge in [-0.3, -0.25) is 0 Å². The fraction of sp³-hybridized carbons (Fsp3) is 0.273. The van der Waals surface area contributed by atoms with Gasteiger partial charge in [-0.25, -0.2) is 0 Å². The molecular weight excluding hydrogens is 585 g/mol. The van der Waals surface area contributed by atoms with Crippen LogP contribution in [0.15, 0.2) is 97.1 Å². The molecule has 234 valence electrons. The molecule has 4 nitrogen and oxygen atoms in total. The highest BCUT2D eigenvalue weighted by molar-refractivity contribution is 6.15. The van der Waals surface area contributed by atoms with Crippen LogP contribution in [0.4, 0.5) is 0 Å². The minimum absolute atomic E-state index is 0.495. The molecule has 5 aromatic carbocycles. The largest absolute Gasteiger partial charge is 0.307 e. The van der Waals surface area contributed by atoms with Crippen molar-refractivity contribution in [3.63, 3.8) is 0 Å². The number of rotatable bonds is 4. The molecule has 4 heteroatoms. The maximum Gasteiger partial charge on any atom is 0.0992 e. The highest BCUT2D eigenvalue weighted by Gasteiger charge is 2.25. The van der Waals surface area contributed by atoms with Crippen LogP contribution in [0.5, 0.6) is 0 Å². The molecule has 0 spiro atoms. The maximum atomic E-state index is 10.0. The van der Waals surface area contributed by atoms with Gasteiger partial charge >= 0.3 is 0 Å². The van der Waals surface area contributed by atoms with Gasteiger partial charge < -0.3 is 9.13 Å². The topological polar surface area (TPSA) is 57.4 Å². The summed E-state index contributed by atoms with van der Waals surface area (Å²) in [6, 6.07) is 39.8. The summed E-state index contributed by atoms with van der Waals surface area (Å²) in [6.07, 6.45) is 12.7. The molecular formula is C44H38N4. The van der Waals surface area contributed by atoms with Gasteiger partial charge in [0.2, 0.25) is 0 Å². The minimum atomic E-state index is 0.495. The molecule has 0 N–H and O–H groups in total. The van der Waals surface area contributed by atoms with E-state index < -0.39 is 0 Å². The third-order valence-electron chi connectivity index (χ3n) is 11.3. The number of fused-ring (bicyclic) bond motifs is 6. The second-order valence-corrected chi connectivity index (χ2v) is 14.1. The summed E-state index contributed by atoms with van der Waals surface area (Å²) in [4.78, 5) is 0. The summed E-state index contributed by atoms with van der Waals surface area (Å²) < 4.78 is 4.80. The Morgan fingerprint density at radius 3 is 1.62 bits per heavy atom. The summed E-state index contributed by atoms with van der Waals surface area (Å²) in [5.74, 6) is 1.12. The summed E-state index contributed by atoms with van der Waals surface area (Å²) in [7, 11) is 0. The van der Waals surface area contributed by atoms with E-state index in [2.05, 4.69) is 100 Å². The lowest BCUT2D eigenvalue weighted by Crippen LogP contribution is -2.07. The van der Waals surface area contributed by atoms with Crippen LogP contribution in [0.2, 0.25) is 0 Å². The monoisotopic (exact) mass is 622 g/mol. The van der Waals surface area contributed by atoms with E-state index in [4.69, 9.17) is 0 Å². The van der Waals surface area contributed by atoms with E-state index in [-0.39, 0.29) is 0 Å². The molecule has 48 heavy (non-hydrogen) atoms. The molecule has 7 aromatic rings. The zero-order valence-electron chi connectivity index (χ0n) is 27.3. The zero-order chi connectivity index (χ0) is 32.2. The second kappa shape index (κ2) is 11.7. The normalized spacial score (nSPS) is 16.1. The van der Waals surface area contributed by atoms with Crippen LogP contribution < -0.4 is 0 Å². The van der Waals surface area contributed by atoms with Gasteiger partial charge in [-0.15, -0.1) is 0 Å². The van der Waals surface area contributed by atoms with E-state index in [1.165, 1.54) is 108 Å².